The summed E-state index contributed by atoms with van der Waals surface area (Å²) in [6.07, 6.45) is 2.04. The topological polar surface area (TPSA) is 59.9 Å². The maximum atomic E-state index is 11.5. The largest absolute Gasteiger partial charge is 0.486 e. The smallest absolute Gasteiger partial charge is 0.240 e. The summed E-state index contributed by atoms with van der Waals surface area (Å²) < 4.78 is 11.0. The van der Waals surface area contributed by atoms with E-state index < -0.39 is 0 Å². The van der Waals surface area contributed by atoms with Crippen molar-refractivity contribution in [1.82, 2.24) is 5.43 Å². The predicted octanol–water partition coefficient (Wildman–Crippen LogP) is 1.95. The molecule has 102 valence electrons. The lowest BCUT2D eigenvalue weighted by Gasteiger charge is -2.19. The first kappa shape index (κ1) is 13.4. The Hall–Kier alpha value is -2.04. The van der Waals surface area contributed by atoms with Gasteiger partial charge in [0.25, 0.3) is 0 Å². The van der Waals surface area contributed by atoms with E-state index >= 15 is 0 Å². The Kier molecular flexibility index (Phi) is 4.39. The van der Waals surface area contributed by atoms with E-state index in [1.165, 1.54) is 0 Å². The Bertz CT molecular complexity index is 484. The van der Waals surface area contributed by atoms with Crippen LogP contribution < -0.4 is 14.9 Å². The fourth-order valence-electron chi connectivity index (χ4n) is 1.79. The van der Waals surface area contributed by atoms with Crippen molar-refractivity contribution in [3.05, 3.63) is 23.8 Å². The summed E-state index contributed by atoms with van der Waals surface area (Å²) >= 11 is 0. The molecule has 1 aromatic rings. The van der Waals surface area contributed by atoms with Crippen molar-refractivity contribution >= 4 is 12.1 Å². The van der Waals surface area contributed by atoms with Gasteiger partial charge in [0, 0.05) is 12.0 Å². The molecule has 1 heterocycles. The molecule has 5 heteroatoms. The number of para-hydroxylation sites is 1. The summed E-state index contributed by atoms with van der Waals surface area (Å²) in [5.74, 6) is 1.61. The predicted molar refractivity (Wildman–Crippen MR) is 72.6 cm³/mol. The number of carbonyl (C=O) groups excluding carboxylic acids is 1. The van der Waals surface area contributed by atoms with Gasteiger partial charge in [0.1, 0.15) is 13.2 Å². The van der Waals surface area contributed by atoms with Crippen molar-refractivity contribution in [3.63, 3.8) is 0 Å². The number of hydrogen-bond donors (Lipinski definition) is 1. The van der Waals surface area contributed by atoms with Crippen molar-refractivity contribution in [2.24, 2.45) is 11.0 Å². The van der Waals surface area contributed by atoms with Gasteiger partial charge in [-0.05, 0) is 18.1 Å². The minimum Gasteiger partial charge on any atom is -0.486 e. The van der Waals surface area contributed by atoms with Crippen LogP contribution in [0.25, 0.3) is 0 Å². The minimum absolute atomic E-state index is 0.0896. The van der Waals surface area contributed by atoms with Crippen LogP contribution in [0.5, 0.6) is 11.5 Å². The van der Waals surface area contributed by atoms with Crippen LogP contribution in [-0.2, 0) is 4.79 Å². The van der Waals surface area contributed by atoms with Gasteiger partial charge in [0.05, 0.1) is 6.21 Å². The normalized spacial score (nSPS) is 13.8. The Labute approximate surface area is 112 Å². The lowest BCUT2D eigenvalue weighted by atomic mass is 10.1. The third-order valence-corrected chi connectivity index (χ3v) is 2.58. The summed E-state index contributed by atoms with van der Waals surface area (Å²) in [6.45, 7) is 5.06. The highest BCUT2D eigenvalue weighted by atomic mass is 16.6. The number of ether oxygens (including phenoxy) is 2. The number of carbonyl (C=O) groups is 1. The number of rotatable bonds is 4. The number of nitrogens with one attached hydrogen (secondary N) is 1. The molecular weight excluding hydrogens is 244 g/mol. The molecule has 0 saturated carbocycles. The molecule has 0 saturated heterocycles. The Morgan fingerprint density at radius 3 is 3.00 bits per heavy atom. The standard InChI is InChI=1S/C14H18N2O3/c1-10(2)8-13(17)16-15-9-11-4-3-5-12-14(11)19-7-6-18-12/h3-5,9-10H,6-8H2,1-2H3,(H,16,17)/b15-9+. The fourth-order valence-corrected chi connectivity index (χ4v) is 1.79. The van der Waals surface area contributed by atoms with Crippen LogP contribution in [0.3, 0.4) is 0 Å². The highest BCUT2D eigenvalue weighted by Gasteiger charge is 2.14. The van der Waals surface area contributed by atoms with E-state index in [2.05, 4.69) is 10.5 Å². The molecule has 1 aliphatic heterocycles. The van der Waals surface area contributed by atoms with Gasteiger partial charge in [-0.15, -0.1) is 0 Å². The van der Waals surface area contributed by atoms with Crippen molar-refractivity contribution in [1.29, 1.82) is 0 Å². The van der Waals surface area contributed by atoms with Crippen molar-refractivity contribution in [3.8, 4) is 11.5 Å². The number of fused-ring (bicyclic) bond motifs is 1. The van der Waals surface area contributed by atoms with E-state index in [4.69, 9.17) is 9.47 Å². The summed E-state index contributed by atoms with van der Waals surface area (Å²) in [7, 11) is 0. The fraction of sp³-hybridized carbons (Fsp3) is 0.429. The highest BCUT2D eigenvalue weighted by Crippen LogP contribution is 2.32. The number of nitrogens with zero attached hydrogens (tertiary/aromatic N) is 1. The van der Waals surface area contributed by atoms with Crippen LogP contribution in [0.2, 0.25) is 0 Å². The van der Waals surface area contributed by atoms with Crippen LogP contribution in [-0.4, -0.2) is 25.3 Å². The summed E-state index contributed by atoms with van der Waals surface area (Å²) in [5, 5.41) is 3.94. The summed E-state index contributed by atoms with van der Waals surface area (Å²) in [6, 6.07) is 5.58. The summed E-state index contributed by atoms with van der Waals surface area (Å²) in [5.41, 5.74) is 3.30. The summed E-state index contributed by atoms with van der Waals surface area (Å²) in [4.78, 5) is 11.5. The molecule has 0 fully saturated rings. The number of hydrogen-bond acceptors (Lipinski definition) is 4. The molecule has 1 aliphatic rings. The molecule has 1 N–H and O–H groups in total. The lowest BCUT2D eigenvalue weighted by Crippen LogP contribution is -2.19. The molecule has 0 spiro atoms. The molecule has 0 bridgehead atoms. The van der Waals surface area contributed by atoms with E-state index in [9.17, 15) is 4.79 Å². The van der Waals surface area contributed by atoms with Gasteiger partial charge in [-0.1, -0.05) is 19.9 Å². The van der Waals surface area contributed by atoms with E-state index in [0.717, 1.165) is 5.56 Å². The van der Waals surface area contributed by atoms with E-state index in [-0.39, 0.29) is 5.91 Å². The molecule has 2 rings (SSSR count). The first-order valence-electron chi connectivity index (χ1n) is 6.37. The van der Waals surface area contributed by atoms with Crippen LogP contribution in [0.15, 0.2) is 23.3 Å². The molecule has 1 amide bonds. The highest BCUT2D eigenvalue weighted by molar-refractivity contribution is 5.86. The molecule has 0 unspecified atom stereocenters. The van der Waals surface area contributed by atoms with E-state index in [1.807, 2.05) is 32.0 Å². The van der Waals surface area contributed by atoms with Crippen molar-refractivity contribution in [2.45, 2.75) is 20.3 Å². The van der Waals surface area contributed by atoms with Crippen LogP contribution in [0.1, 0.15) is 25.8 Å². The van der Waals surface area contributed by atoms with Gasteiger partial charge in [-0.25, -0.2) is 5.43 Å². The van der Waals surface area contributed by atoms with E-state index in [0.29, 0.717) is 37.1 Å². The monoisotopic (exact) mass is 262 g/mol. The van der Waals surface area contributed by atoms with E-state index in [1.54, 1.807) is 6.21 Å². The van der Waals surface area contributed by atoms with Gasteiger partial charge in [-0.2, -0.15) is 5.10 Å². The molecular formula is C14H18N2O3. The van der Waals surface area contributed by atoms with Gasteiger partial charge in [-0.3, -0.25) is 4.79 Å². The van der Waals surface area contributed by atoms with Crippen molar-refractivity contribution in [2.75, 3.05) is 13.2 Å². The molecule has 0 aromatic heterocycles. The number of amides is 1. The Morgan fingerprint density at radius 2 is 2.21 bits per heavy atom. The first-order chi connectivity index (χ1) is 9.16. The number of benzene rings is 1. The quantitative estimate of drug-likeness (QED) is 0.666. The zero-order chi connectivity index (χ0) is 13.7. The minimum atomic E-state index is -0.0896. The maximum Gasteiger partial charge on any atom is 0.240 e. The van der Waals surface area contributed by atoms with Crippen LogP contribution >= 0.6 is 0 Å². The molecule has 0 aliphatic carbocycles. The van der Waals surface area contributed by atoms with Crippen LogP contribution in [0.4, 0.5) is 0 Å². The molecule has 0 atom stereocenters. The zero-order valence-electron chi connectivity index (χ0n) is 11.2. The third-order valence-electron chi connectivity index (χ3n) is 2.58. The molecule has 0 radical (unpaired) electrons. The molecule has 1 aromatic carbocycles. The van der Waals surface area contributed by atoms with Gasteiger partial charge in [0.15, 0.2) is 11.5 Å². The van der Waals surface area contributed by atoms with Gasteiger partial charge < -0.3 is 9.47 Å². The van der Waals surface area contributed by atoms with Gasteiger partial charge >= 0.3 is 0 Å². The second kappa shape index (κ2) is 6.22. The maximum absolute atomic E-state index is 11.5. The average molecular weight is 262 g/mol. The second-order valence-electron chi connectivity index (χ2n) is 4.76. The van der Waals surface area contributed by atoms with Gasteiger partial charge in [0.2, 0.25) is 5.91 Å². The molecule has 5 nitrogen and oxygen atoms in total. The number of hydrazone groups is 1. The Balaban J connectivity index is 2.01. The zero-order valence-corrected chi connectivity index (χ0v) is 11.2. The SMILES string of the molecule is CC(C)CC(=O)N/N=C/c1cccc2c1OCCO2. The Morgan fingerprint density at radius 1 is 1.42 bits per heavy atom. The average Bonchev–Trinajstić information content (AvgIpc) is 2.38. The second-order valence-corrected chi connectivity index (χ2v) is 4.76. The third kappa shape index (κ3) is 3.71. The van der Waals surface area contributed by atoms with Crippen LogP contribution in [0, 0.1) is 5.92 Å². The lowest BCUT2D eigenvalue weighted by molar-refractivity contribution is -0.121. The molecule has 19 heavy (non-hydrogen) atoms. The first-order valence-corrected chi connectivity index (χ1v) is 6.37. The van der Waals surface area contributed by atoms with Crippen molar-refractivity contribution < 1.29 is 14.3 Å².